The molecule has 3 heterocycles. The van der Waals surface area contributed by atoms with Gasteiger partial charge in [-0.05, 0) is 122 Å². The zero-order valence-electron chi connectivity index (χ0n) is 31.5. The molecule has 11 heteroatoms. The first-order chi connectivity index (χ1) is 25.6. The minimum Gasteiger partial charge on any atom is -0.483 e. The van der Waals surface area contributed by atoms with Crippen LogP contribution in [-0.2, 0) is 29.1 Å². The van der Waals surface area contributed by atoms with Crippen molar-refractivity contribution in [2.45, 2.75) is 85.4 Å². The molecule has 1 amide bonds. The normalized spacial score (nSPS) is 17.8. The van der Waals surface area contributed by atoms with Crippen molar-refractivity contribution in [3.63, 3.8) is 0 Å². The Hall–Kier alpha value is -4.59. The lowest BCUT2D eigenvalue weighted by Crippen LogP contribution is -2.41. The van der Waals surface area contributed by atoms with Crippen molar-refractivity contribution in [1.82, 2.24) is 10.2 Å². The second kappa shape index (κ2) is 19.5. The third-order valence-electron chi connectivity index (χ3n) is 11.0. The first kappa shape index (κ1) is 41.2. The number of hydrogen-bond donors (Lipinski definition) is 3. The van der Waals surface area contributed by atoms with E-state index < -0.39 is 5.97 Å². The van der Waals surface area contributed by atoms with Gasteiger partial charge in [0, 0.05) is 63.2 Å². The quantitative estimate of drug-likeness (QED) is 0.127. The summed E-state index contributed by atoms with van der Waals surface area (Å²) in [5.41, 5.74) is 8.08. The summed E-state index contributed by atoms with van der Waals surface area (Å²) < 4.78 is 0. The van der Waals surface area contributed by atoms with E-state index in [1.807, 2.05) is 51.1 Å². The monoisotopic (exact) mass is 743 g/mol. The van der Waals surface area contributed by atoms with E-state index in [0.29, 0.717) is 40.1 Å². The summed E-state index contributed by atoms with van der Waals surface area (Å²) in [4.78, 5) is 38.4. The summed E-state index contributed by atoms with van der Waals surface area (Å²) in [5, 5.41) is 29.1. The van der Waals surface area contributed by atoms with Gasteiger partial charge in [0.05, 0.1) is 16.1 Å². The number of carboxylic acids is 1. The van der Waals surface area contributed by atoms with E-state index in [-0.39, 0.29) is 6.47 Å². The third kappa shape index (κ3) is 10.5. The van der Waals surface area contributed by atoms with Crippen LogP contribution in [0.1, 0.15) is 91.1 Å². The summed E-state index contributed by atoms with van der Waals surface area (Å²) in [6, 6.07) is 21.4. The Morgan fingerprint density at radius 1 is 1.04 bits per heavy atom. The molecule has 0 aromatic heterocycles. The molecule has 0 aliphatic carbocycles. The maximum Gasteiger partial charge on any atom is 0.335 e. The molecule has 0 bridgehead atoms. The summed E-state index contributed by atoms with van der Waals surface area (Å²) in [5.74, 6) is -0.456. The molecule has 0 saturated carbocycles. The molecule has 3 aromatic carbocycles. The van der Waals surface area contributed by atoms with E-state index in [1.165, 1.54) is 23.2 Å². The van der Waals surface area contributed by atoms with E-state index in [4.69, 9.17) is 21.5 Å². The fraction of sp³-hybridized carbons (Fsp3) is 0.476. The van der Waals surface area contributed by atoms with Crippen molar-refractivity contribution < 1.29 is 24.6 Å². The highest BCUT2D eigenvalue weighted by Crippen LogP contribution is 2.46. The number of nitriles is 1. The SMILES string of the molecule is CC.Cc1cc2c(cc1C(=O)O)CN(CC(CCNC=O)CCc1ccc(N3CCC4(CC3)C[C@H](C)N(c3ccc(C#N)c(Cl)c3)C4)cc1)C2.O=CO. The molecule has 0 radical (unpaired) electrons. The number of carbonyl (C=O) groups excluding carboxylic acids is 1. The largest absolute Gasteiger partial charge is 0.483 e. The molecule has 3 aliphatic rings. The Morgan fingerprint density at radius 3 is 2.28 bits per heavy atom. The van der Waals surface area contributed by atoms with Crippen LogP contribution in [0.25, 0.3) is 0 Å². The predicted octanol–water partition coefficient (Wildman–Crippen LogP) is 7.53. The zero-order valence-corrected chi connectivity index (χ0v) is 32.2. The Morgan fingerprint density at radius 2 is 1.68 bits per heavy atom. The highest BCUT2D eigenvalue weighted by Gasteiger charge is 2.44. The molecule has 2 saturated heterocycles. The molecule has 284 valence electrons. The van der Waals surface area contributed by atoms with Crippen molar-refractivity contribution in [3.05, 3.63) is 93.0 Å². The number of amides is 1. The molecule has 10 nitrogen and oxygen atoms in total. The molecular formula is C42H54ClN5O5. The van der Waals surface area contributed by atoms with Crippen molar-refractivity contribution >= 4 is 41.8 Å². The first-order valence-electron chi connectivity index (χ1n) is 18.7. The molecule has 3 aliphatic heterocycles. The number of halogens is 1. The van der Waals surface area contributed by atoms with Crippen LogP contribution in [0.3, 0.4) is 0 Å². The van der Waals surface area contributed by atoms with Crippen LogP contribution in [0, 0.1) is 29.6 Å². The summed E-state index contributed by atoms with van der Waals surface area (Å²) in [6.45, 7) is 14.2. The number of nitrogens with zero attached hydrogens (tertiary/aromatic N) is 4. The van der Waals surface area contributed by atoms with Gasteiger partial charge in [-0.3, -0.25) is 14.5 Å². The zero-order chi connectivity index (χ0) is 38.5. The number of nitrogens with one attached hydrogen (secondary N) is 1. The van der Waals surface area contributed by atoms with E-state index in [9.17, 15) is 20.0 Å². The topological polar surface area (TPSA) is 137 Å². The highest BCUT2D eigenvalue weighted by molar-refractivity contribution is 6.32. The van der Waals surface area contributed by atoms with Gasteiger partial charge in [0.2, 0.25) is 6.41 Å². The fourth-order valence-corrected chi connectivity index (χ4v) is 8.54. The van der Waals surface area contributed by atoms with Gasteiger partial charge in [-0.15, -0.1) is 0 Å². The molecule has 1 spiro atoms. The van der Waals surface area contributed by atoms with Crippen molar-refractivity contribution in [2.75, 3.05) is 42.5 Å². The number of anilines is 2. The Kier molecular flexibility index (Phi) is 15.1. The second-order valence-electron chi connectivity index (χ2n) is 14.4. The lowest BCUT2D eigenvalue weighted by atomic mass is 9.76. The van der Waals surface area contributed by atoms with Crippen LogP contribution in [0.15, 0.2) is 54.6 Å². The Bertz CT molecular complexity index is 1730. The molecule has 6 rings (SSSR count). The number of hydrogen-bond acceptors (Lipinski definition) is 7. The fourth-order valence-electron chi connectivity index (χ4n) is 8.33. The Labute approximate surface area is 319 Å². The van der Waals surface area contributed by atoms with Crippen molar-refractivity contribution in [3.8, 4) is 6.07 Å². The average molecular weight is 744 g/mol. The van der Waals surface area contributed by atoms with Crippen molar-refractivity contribution in [1.29, 1.82) is 5.26 Å². The maximum absolute atomic E-state index is 11.6. The van der Waals surface area contributed by atoms with Gasteiger partial charge in [-0.25, -0.2) is 4.79 Å². The van der Waals surface area contributed by atoms with Crippen LogP contribution < -0.4 is 15.1 Å². The number of piperidine rings is 1. The van der Waals surface area contributed by atoms with Gasteiger partial charge in [-0.1, -0.05) is 43.6 Å². The number of carbonyl (C=O) groups is 3. The molecule has 1 unspecified atom stereocenters. The number of aryl methyl sites for hydroxylation is 2. The Balaban J connectivity index is 0.00000119. The minimum absolute atomic E-state index is 0.250. The molecule has 3 N–H and O–H groups in total. The molecule has 3 aromatic rings. The van der Waals surface area contributed by atoms with Crippen LogP contribution >= 0.6 is 11.6 Å². The minimum atomic E-state index is -0.872. The van der Waals surface area contributed by atoms with Crippen LogP contribution in [0.2, 0.25) is 5.02 Å². The van der Waals surface area contributed by atoms with Gasteiger partial charge in [-0.2, -0.15) is 5.26 Å². The van der Waals surface area contributed by atoms with Gasteiger partial charge < -0.3 is 25.3 Å². The number of rotatable bonds is 12. The van der Waals surface area contributed by atoms with Gasteiger partial charge in [0.25, 0.3) is 6.47 Å². The lowest BCUT2D eigenvalue weighted by molar-refractivity contribution is -0.122. The van der Waals surface area contributed by atoms with E-state index in [1.54, 1.807) is 0 Å². The summed E-state index contributed by atoms with van der Waals surface area (Å²) in [6.07, 6.45) is 7.18. The van der Waals surface area contributed by atoms with E-state index in [2.05, 4.69) is 57.3 Å². The number of benzene rings is 3. The van der Waals surface area contributed by atoms with Gasteiger partial charge >= 0.3 is 5.97 Å². The van der Waals surface area contributed by atoms with E-state index in [0.717, 1.165) is 94.6 Å². The highest BCUT2D eigenvalue weighted by atomic mass is 35.5. The maximum atomic E-state index is 11.6. The van der Waals surface area contributed by atoms with Gasteiger partial charge in [0.15, 0.2) is 0 Å². The number of carboxylic acid groups (broad SMARTS) is 2. The van der Waals surface area contributed by atoms with E-state index >= 15 is 0 Å². The molecule has 53 heavy (non-hydrogen) atoms. The average Bonchev–Trinajstić information content (AvgIpc) is 3.70. The number of fused-ring (bicyclic) bond motifs is 1. The predicted molar refractivity (Wildman–Crippen MR) is 211 cm³/mol. The number of aromatic carboxylic acids is 1. The van der Waals surface area contributed by atoms with Gasteiger partial charge in [0.1, 0.15) is 6.07 Å². The van der Waals surface area contributed by atoms with Crippen LogP contribution in [-0.4, -0.2) is 72.7 Å². The second-order valence-corrected chi connectivity index (χ2v) is 14.8. The van der Waals surface area contributed by atoms with Crippen LogP contribution in [0.4, 0.5) is 11.4 Å². The molecular weight excluding hydrogens is 690 g/mol. The third-order valence-corrected chi connectivity index (χ3v) is 11.3. The standard InChI is InChI=1S/C39H46ClN5O3.C2H6.CH2O2/c1-27-17-32-23-43(24-33(32)18-36(27)38(47)48)22-30(11-14-42-26-46)4-3-29-5-8-34(9-6-29)44-15-12-39(13-16-44)20-28(2)45(25-39)35-10-7-31(21-41)37(40)19-35;1-2;2-1-3/h5-10,17-19,26,28,30H,3-4,11-16,20,22-25H2,1-2H3,(H,42,46)(H,47,48);1-2H3;1H,(H,2,3)/t28-,30?;;/m0../s1. The van der Waals surface area contributed by atoms with Crippen molar-refractivity contribution in [2.24, 2.45) is 11.3 Å². The summed E-state index contributed by atoms with van der Waals surface area (Å²) >= 11 is 6.37. The summed E-state index contributed by atoms with van der Waals surface area (Å²) in [7, 11) is 0. The van der Waals surface area contributed by atoms with Crippen LogP contribution in [0.5, 0.6) is 0 Å². The molecule has 2 fully saturated rings. The smallest absolute Gasteiger partial charge is 0.335 e. The first-order valence-corrected chi connectivity index (χ1v) is 19.1. The lowest BCUT2D eigenvalue weighted by Gasteiger charge is -2.40. The molecule has 2 atom stereocenters.